The van der Waals surface area contributed by atoms with Gasteiger partial charge >= 0.3 is 27.7 Å². The van der Waals surface area contributed by atoms with Crippen LogP contribution >= 0.6 is 0 Å². The summed E-state index contributed by atoms with van der Waals surface area (Å²) in [6.07, 6.45) is 2.58. The number of benzene rings is 1. The lowest BCUT2D eigenvalue weighted by Gasteiger charge is -2.30. The summed E-state index contributed by atoms with van der Waals surface area (Å²) < 4.78 is 75.5. The summed E-state index contributed by atoms with van der Waals surface area (Å²) in [5.74, 6) is -4.10. The van der Waals surface area contributed by atoms with Crippen LogP contribution < -0.4 is 15.4 Å². The highest BCUT2D eigenvalue weighted by molar-refractivity contribution is 7.90. The monoisotopic (exact) mass is 741 g/mol. The number of halogens is 3. The molecule has 5 atom stereocenters. The molecule has 1 saturated carbocycles. The van der Waals surface area contributed by atoms with E-state index in [0.717, 1.165) is 20.7 Å². The lowest BCUT2D eigenvalue weighted by Crippen LogP contribution is -2.59. The molecule has 280 valence electrons. The third-order valence-corrected chi connectivity index (χ3v) is 10.3. The van der Waals surface area contributed by atoms with Gasteiger partial charge < -0.3 is 25.0 Å². The molecule has 1 aliphatic carbocycles. The van der Waals surface area contributed by atoms with Crippen LogP contribution in [0.4, 0.5) is 22.8 Å². The minimum absolute atomic E-state index is 0.174. The summed E-state index contributed by atoms with van der Waals surface area (Å²) in [5, 5.41) is 5.03. The fourth-order valence-electron chi connectivity index (χ4n) is 6.57. The van der Waals surface area contributed by atoms with Crippen LogP contribution in [0.3, 0.4) is 0 Å². The van der Waals surface area contributed by atoms with Crippen LogP contribution in [0.15, 0.2) is 36.4 Å². The van der Waals surface area contributed by atoms with Crippen molar-refractivity contribution in [1.29, 1.82) is 0 Å². The van der Waals surface area contributed by atoms with E-state index in [4.69, 9.17) is 9.47 Å². The first-order valence-corrected chi connectivity index (χ1v) is 18.2. The summed E-state index contributed by atoms with van der Waals surface area (Å²) in [6.45, 7) is 5.23. The van der Waals surface area contributed by atoms with E-state index < -0.39 is 80.7 Å². The molecule has 3 N–H and O–H groups in total. The fraction of sp³-hybridized carbons (Fsp3) is 0.606. The number of nitrogens with zero attached hydrogens (tertiary/aromatic N) is 2. The molecular formula is C33H42F3N5O9S. The van der Waals surface area contributed by atoms with Crippen LogP contribution in [0.5, 0.6) is 0 Å². The largest absolute Gasteiger partial charge is 0.516 e. The van der Waals surface area contributed by atoms with Crippen LogP contribution in [-0.4, -0.2) is 89.5 Å². The average molecular weight is 742 g/mol. The third-order valence-electron chi connectivity index (χ3n) is 9.23. The number of alkyl halides is 3. The van der Waals surface area contributed by atoms with Crippen molar-refractivity contribution >= 4 is 39.9 Å². The molecular weight excluding hydrogens is 699 g/mol. The van der Waals surface area contributed by atoms with Crippen molar-refractivity contribution in [3.8, 4) is 0 Å². The molecule has 0 spiro atoms. The van der Waals surface area contributed by atoms with Crippen LogP contribution in [0.2, 0.25) is 0 Å². The maximum Gasteiger partial charge on any atom is 0.516 e. The Labute approximate surface area is 293 Å². The lowest BCUT2D eigenvalue weighted by atomic mass is 10.0. The van der Waals surface area contributed by atoms with Gasteiger partial charge in [-0.05, 0) is 57.6 Å². The van der Waals surface area contributed by atoms with E-state index in [2.05, 4.69) is 10.6 Å². The molecule has 0 radical (unpaired) electrons. The van der Waals surface area contributed by atoms with Gasteiger partial charge in [0.2, 0.25) is 11.8 Å². The molecule has 5 rings (SSSR count). The van der Waals surface area contributed by atoms with Crippen molar-refractivity contribution < 1.29 is 55.0 Å². The number of fused-ring (bicyclic) bond motifs is 3. The van der Waals surface area contributed by atoms with Gasteiger partial charge in [0.05, 0.1) is 6.54 Å². The smallest absolute Gasteiger partial charge is 0.444 e. The van der Waals surface area contributed by atoms with Gasteiger partial charge in [-0.15, -0.1) is 0 Å². The normalized spacial score (nSPS) is 27.2. The molecule has 51 heavy (non-hydrogen) atoms. The van der Waals surface area contributed by atoms with Crippen molar-refractivity contribution in [3.63, 3.8) is 0 Å². The topological polar surface area (TPSA) is 181 Å². The van der Waals surface area contributed by atoms with Gasteiger partial charge in [0.25, 0.3) is 5.91 Å². The maximum absolute atomic E-state index is 14.2. The van der Waals surface area contributed by atoms with E-state index in [1.54, 1.807) is 32.9 Å². The highest BCUT2D eigenvalue weighted by Crippen LogP contribution is 2.46. The minimum Gasteiger partial charge on any atom is -0.444 e. The van der Waals surface area contributed by atoms with Crippen LogP contribution in [0, 0.1) is 5.92 Å². The fourth-order valence-corrected chi connectivity index (χ4v) is 7.11. The van der Waals surface area contributed by atoms with Gasteiger partial charge in [0.1, 0.15) is 29.3 Å². The Kier molecular flexibility index (Phi) is 10.7. The van der Waals surface area contributed by atoms with Crippen LogP contribution in [0.25, 0.3) is 0 Å². The molecule has 0 aromatic heterocycles. The zero-order valence-corrected chi connectivity index (χ0v) is 29.3. The number of amides is 5. The predicted octanol–water partition coefficient (Wildman–Crippen LogP) is 3.36. The number of allylic oxidation sites excluding steroid dienone is 1. The van der Waals surface area contributed by atoms with E-state index in [1.165, 1.54) is 4.90 Å². The Morgan fingerprint density at radius 2 is 1.69 bits per heavy atom. The zero-order chi connectivity index (χ0) is 37.4. The lowest BCUT2D eigenvalue weighted by molar-refractivity contribution is -0.141. The second kappa shape index (κ2) is 14.3. The molecule has 3 aliphatic heterocycles. The van der Waals surface area contributed by atoms with Gasteiger partial charge in [0.15, 0.2) is 0 Å². The van der Waals surface area contributed by atoms with Crippen molar-refractivity contribution in [2.45, 2.75) is 114 Å². The zero-order valence-electron chi connectivity index (χ0n) is 28.5. The third kappa shape index (κ3) is 8.76. The predicted molar refractivity (Wildman–Crippen MR) is 174 cm³/mol. The Morgan fingerprint density at radius 3 is 2.31 bits per heavy atom. The van der Waals surface area contributed by atoms with Crippen molar-refractivity contribution in [2.75, 3.05) is 6.54 Å². The molecule has 5 amide bonds. The van der Waals surface area contributed by atoms with E-state index in [9.17, 15) is 45.6 Å². The van der Waals surface area contributed by atoms with Crippen LogP contribution in [-0.2, 0) is 47.0 Å². The van der Waals surface area contributed by atoms with E-state index >= 15 is 0 Å². The molecule has 4 aliphatic rings. The Hall–Kier alpha value is -4.35. The second-order valence-electron chi connectivity index (χ2n) is 14.3. The second-order valence-corrected chi connectivity index (χ2v) is 16.0. The Morgan fingerprint density at radius 1 is 1.02 bits per heavy atom. The first kappa shape index (κ1) is 37.9. The highest BCUT2D eigenvalue weighted by atomic mass is 32.2. The number of hydrogen-bond donors (Lipinski definition) is 3. The SMILES string of the molecule is CC(C)(C)OC(=O)N[C@@H]1CCCCCC=C[C@@H]2C[C@@]2(C(=O)NS(=O)(=O)C(F)(F)F)NC(=O)[C@@H]2C[C@@H](OC(=O)N3Cc4ccccc4C3)CN2C1=O. The first-order valence-electron chi connectivity index (χ1n) is 16.7. The van der Waals surface area contributed by atoms with Crippen molar-refractivity contribution in [2.24, 2.45) is 5.92 Å². The molecule has 0 unspecified atom stereocenters. The number of rotatable bonds is 4. The number of hydrogen-bond acceptors (Lipinski definition) is 9. The molecule has 2 fully saturated rings. The summed E-state index contributed by atoms with van der Waals surface area (Å²) in [6, 6.07) is 4.86. The first-order chi connectivity index (χ1) is 23.8. The summed E-state index contributed by atoms with van der Waals surface area (Å²) in [5.41, 5.74) is -6.88. The van der Waals surface area contributed by atoms with Crippen molar-refractivity contribution in [3.05, 3.63) is 47.5 Å². The standard InChI is InChI=1S/C33H42F3N5O9S/c1-31(2,3)50-29(45)37-24-14-8-6-4-5-7-13-22-16-32(22,28(44)39-51(47,48)33(34,35)36)38-26(42)25-15-23(19-41(25)27(24)43)49-30(46)40-17-20-11-9-10-12-21(20)18-40/h7,9-13,22-25H,4-6,8,14-19H2,1-3H3,(H,37,45)(H,38,42)(H,39,44)/t22-,23-,24-,25+,32-/m1/s1. The number of ether oxygens (including phenoxy) is 2. The van der Waals surface area contributed by atoms with Gasteiger partial charge in [0, 0.05) is 25.4 Å². The van der Waals surface area contributed by atoms with Gasteiger partial charge in [-0.2, -0.15) is 21.6 Å². The van der Waals surface area contributed by atoms with Crippen molar-refractivity contribution in [1.82, 2.24) is 25.2 Å². The molecule has 14 nitrogen and oxygen atoms in total. The Balaban J connectivity index is 1.42. The number of carbonyl (C=O) groups excluding carboxylic acids is 5. The summed E-state index contributed by atoms with van der Waals surface area (Å²) in [7, 11) is -6.10. The van der Waals surface area contributed by atoms with E-state index in [1.807, 2.05) is 24.3 Å². The molecule has 1 saturated heterocycles. The number of sulfonamides is 1. The van der Waals surface area contributed by atoms with Crippen LogP contribution in [0.1, 0.15) is 76.8 Å². The van der Waals surface area contributed by atoms with E-state index in [0.29, 0.717) is 25.7 Å². The average Bonchev–Trinajstić information content (AvgIpc) is 3.33. The number of carbonyl (C=O) groups is 5. The maximum atomic E-state index is 14.2. The number of nitrogens with one attached hydrogen (secondary N) is 3. The van der Waals surface area contributed by atoms with E-state index in [-0.39, 0.29) is 38.9 Å². The molecule has 1 aromatic carbocycles. The van der Waals surface area contributed by atoms with Gasteiger partial charge in [-0.25, -0.2) is 14.3 Å². The quantitative estimate of drug-likeness (QED) is 0.390. The minimum atomic E-state index is -6.10. The Bertz CT molecular complexity index is 1670. The van der Waals surface area contributed by atoms with Gasteiger partial charge in [-0.1, -0.05) is 49.3 Å². The highest BCUT2D eigenvalue weighted by Gasteiger charge is 2.63. The molecule has 3 heterocycles. The van der Waals surface area contributed by atoms with Gasteiger partial charge in [-0.3, -0.25) is 19.3 Å². The molecule has 18 heteroatoms. The summed E-state index contributed by atoms with van der Waals surface area (Å²) >= 11 is 0. The molecule has 1 aromatic rings. The number of alkyl carbamates (subject to hydrolysis) is 1. The summed E-state index contributed by atoms with van der Waals surface area (Å²) in [4.78, 5) is 70.0. The molecule has 0 bridgehead atoms.